The molecule has 0 aliphatic heterocycles. The first-order valence-electron chi connectivity index (χ1n) is 3.48. The van der Waals surface area contributed by atoms with Crippen LogP contribution in [0.1, 0.15) is 0 Å². The highest BCUT2D eigenvalue weighted by Crippen LogP contribution is 2.42. The lowest BCUT2D eigenvalue weighted by atomic mass is 10.1. The van der Waals surface area contributed by atoms with Crippen molar-refractivity contribution >= 4 is 5.84 Å². The molecule has 0 aromatic rings. The molecule has 0 aromatic heterocycles. The summed E-state index contributed by atoms with van der Waals surface area (Å²) in [5, 5.41) is 0. The molecule has 0 amide bonds. The van der Waals surface area contributed by atoms with Crippen LogP contribution < -0.4 is 11.5 Å². The average Bonchev–Trinajstić information content (AvgIpc) is 1.97. The van der Waals surface area contributed by atoms with E-state index in [0.717, 1.165) is 0 Å². The molecule has 0 atom stereocenters. The number of nitrogens with two attached hydrogens (primary N) is 2. The van der Waals surface area contributed by atoms with Gasteiger partial charge in [0.05, 0.1) is 0 Å². The Bertz CT molecular complexity index is 294. The molecule has 0 radical (unpaired) electrons. The summed E-state index contributed by atoms with van der Waals surface area (Å²) < 4.78 is 107. The van der Waals surface area contributed by atoms with Crippen LogP contribution in [0.4, 0.5) is 39.5 Å². The van der Waals surface area contributed by atoms with Crippen molar-refractivity contribution in [2.45, 2.75) is 24.2 Å². The minimum absolute atomic E-state index is 1.32. The number of hydrogen-bond donors (Lipinski definition) is 2. The zero-order valence-electron chi connectivity index (χ0n) is 7.50. The summed E-state index contributed by atoms with van der Waals surface area (Å²) in [6.07, 6.45) is -18.2. The summed E-state index contributed by atoms with van der Waals surface area (Å²) in [6, 6.07) is 0. The molecule has 0 spiro atoms. The standard InChI is InChI=1S/C5H4F9N3/c6-2(7,8)1(15)17-3(16,4(9,10)11)5(12,13)14/h16H2,(H2,15,17). The Hall–Kier alpha value is -1.20. The molecule has 17 heavy (non-hydrogen) atoms. The van der Waals surface area contributed by atoms with Crippen LogP contribution in [0.2, 0.25) is 0 Å². The highest BCUT2D eigenvalue weighted by Gasteiger charge is 2.70. The zero-order chi connectivity index (χ0) is 14.3. The summed E-state index contributed by atoms with van der Waals surface area (Å²) in [4.78, 5) is 1.32. The predicted molar refractivity (Wildman–Crippen MR) is 36.7 cm³/mol. The van der Waals surface area contributed by atoms with Crippen molar-refractivity contribution in [1.29, 1.82) is 0 Å². The normalized spacial score (nSPS) is 16.2. The molecule has 0 saturated carbocycles. The molecule has 12 heteroatoms. The van der Waals surface area contributed by atoms with E-state index in [1.165, 1.54) is 4.99 Å². The van der Waals surface area contributed by atoms with Crippen LogP contribution in [0.3, 0.4) is 0 Å². The average molecular weight is 277 g/mol. The number of alkyl halides is 9. The number of amidine groups is 1. The van der Waals surface area contributed by atoms with Gasteiger partial charge in [-0.3, -0.25) is 5.73 Å². The summed E-state index contributed by atoms with van der Waals surface area (Å²) in [6.45, 7) is 0. The van der Waals surface area contributed by atoms with E-state index in [4.69, 9.17) is 0 Å². The Labute approximate surface area is 87.3 Å². The van der Waals surface area contributed by atoms with E-state index in [0.29, 0.717) is 0 Å². The van der Waals surface area contributed by atoms with Crippen LogP contribution in [-0.4, -0.2) is 30.0 Å². The smallest absolute Gasteiger partial charge is 0.380 e. The fraction of sp³-hybridized carbons (Fsp3) is 0.800. The van der Waals surface area contributed by atoms with Gasteiger partial charge in [0.25, 0.3) is 0 Å². The van der Waals surface area contributed by atoms with Crippen LogP contribution in [0, 0.1) is 0 Å². The van der Waals surface area contributed by atoms with Gasteiger partial charge in [-0.2, -0.15) is 39.5 Å². The van der Waals surface area contributed by atoms with E-state index in [1.54, 1.807) is 0 Å². The number of nitrogens with zero attached hydrogens (tertiary/aromatic N) is 1. The lowest BCUT2D eigenvalue weighted by Gasteiger charge is -2.30. The van der Waals surface area contributed by atoms with Gasteiger partial charge >= 0.3 is 24.2 Å². The Morgan fingerprint density at radius 2 is 1.06 bits per heavy atom. The maximum atomic E-state index is 12.0. The number of halogens is 9. The third-order valence-electron chi connectivity index (χ3n) is 1.45. The topological polar surface area (TPSA) is 64.4 Å². The van der Waals surface area contributed by atoms with Crippen LogP contribution in [0.15, 0.2) is 4.99 Å². The van der Waals surface area contributed by atoms with Gasteiger partial charge in [-0.05, 0) is 0 Å². The van der Waals surface area contributed by atoms with Gasteiger partial charge < -0.3 is 5.73 Å². The minimum Gasteiger partial charge on any atom is -0.380 e. The Balaban J connectivity index is 5.73. The zero-order valence-corrected chi connectivity index (χ0v) is 7.50. The van der Waals surface area contributed by atoms with Gasteiger partial charge in [0.1, 0.15) is 0 Å². The number of aliphatic imine (C=N–C) groups is 1. The molecule has 0 rings (SSSR count). The van der Waals surface area contributed by atoms with Crippen LogP contribution in [0.5, 0.6) is 0 Å². The lowest BCUT2D eigenvalue weighted by molar-refractivity contribution is -0.293. The van der Waals surface area contributed by atoms with E-state index < -0.39 is 30.0 Å². The van der Waals surface area contributed by atoms with Crippen molar-refractivity contribution in [3.05, 3.63) is 0 Å². The third-order valence-corrected chi connectivity index (χ3v) is 1.45. The second-order valence-electron chi connectivity index (χ2n) is 2.76. The largest absolute Gasteiger partial charge is 0.448 e. The quantitative estimate of drug-likeness (QED) is 0.435. The van der Waals surface area contributed by atoms with E-state index in [-0.39, 0.29) is 0 Å². The SMILES string of the molecule is NC(=NC(N)(C(F)(F)F)C(F)(F)F)C(F)(F)F. The van der Waals surface area contributed by atoms with Gasteiger partial charge in [-0.25, -0.2) is 4.99 Å². The first-order valence-corrected chi connectivity index (χ1v) is 3.48. The van der Waals surface area contributed by atoms with Gasteiger partial charge in [0, 0.05) is 0 Å². The fourth-order valence-corrected chi connectivity index (χ4v) is 0.541. The van der Waals surface area contributed by atoms with Crippen LogP contribution >= 0.6 is 0 Å². The molecule has 0 unspecified atom stereocenters. The van der Waals surface area contributed by atoms with Gasteiger partial charge in [0.2, 0.25) is 5.84 Å². The Morgan fingerprint density at radius 1 is 0.765 bits per heavy atom. The maximum Gasteiger partial charge on any atom is 0.448 e. The van der Waals surface area contributed by atoms with Crippen molar-refractivity contribution in [1.82, 2.24) is 0 Å². The van der Waals surface area contributed by atoms with Crippen molar-refractivity contribution in [2.75, 3.05) is 0 Å². The van der Waals surface area contributed by atoms with Gasteiger partial charge in [0.15, 0.2) is 0 Å². The van der Waals surface area contributed by atoms with Gasteiger partial charge in [-0.15, -0.1) is 0 Å². The number of rotatable bonds is 1. The van der Waals surface area contributed by atoms with Gasteiger partial charge in [-0.1, -0.05) is 0 Å². The van der Waals surface area contributed by atoms with E-state index in [1.807, 2.05) is 0 Å². The Morgan fingerprint density at radius 3 is 1.24 bits per heavy atom. The summed E-state index contributed by atoms with van der Waals surface area (Å²) in [7, 11) is 0. The highest BCUT2D eigenvalue weighted by molar-refractivity contribution is 5.86. The monoisotopic (exact) mass is 277 g/mol. The molecule has 3 nitrogen and oxygen atoms in total. The minimum atomic E-state index is -6.28. The van der Waals surface area contributed by atoms with Crippen molar-refractivity contribution < 1.29 is 39.5 Å². The number of hydrogen-bond acceptors (Lipinski definition) is 2. The van der Waals surface area contributed by atoms with Crippen molar-refractivity contribution in [3.8, 4) is 0 Å². The second-order valence-corrected chi connectivity index (χ2v) is 2.76. The first kappa shape index (κ1) is 15.8. The Kier molecular flexibility index (Phi) is 3.65. The molecule has 0 saturated heterocycles. The third kappa shape index (κ3) is 3.14. The molecule has 4 N–H and O–H groups in total. The molecule has 0 aromatic carbocycles. The highest BCUT2D eigenvalue weighted by atomic mass is 19.4. The molecule has 0 heterocycles. The van der Waals surface area contributed by atoms with Crippen molar-refractivity contribution in [3.63, 3.8) is 0 Å². The first-order chi connectivity index (χ1) is 7.13. The molecule has 102 valence electrons. The molecule has 0 bridgehead atoms. The summed E-state index contributed by atoms with van der Waals surface area (Å²) >= 11 is 0. The molecule has 0 aliphatic rings. The molecule has 0 aliphatic carbocycles. The van der Waals surface area contributed by atoms with Crippen LogP contribution in [-0.2, 0) is 0 Å². The molecule has 0 fully saturated rings. The summed E-state index contributed by atoms with van der Waals surface area (Å²) in [5.74, 6) is -2.82. The molecular weight excluding hydrogens is 273 g/mol. The predicted octanol–water partition coefficient (Wildman–Crippen LogP) is 1.69. The lowest BCUT2D eigenvalue weighted by Crippen LogP contribution is -2.63. The van der Waals surface area contributed by atoms with Crippen LogP contribution in [0.25, 0.3) is 0 Å². The van der Waals surface area contributed by atoms with E-state index in [2.05, 4.69) is 11.5 Å². The van der Waals surface area contributed by atoms with E-state index in [9.17, 15) is 39.5 Å². The van der Waals surface area contributed by atoms with Crippen molar-refractivity contribution in [2.24, 2.45) is 16.5 Å². The summed E-state index contributed by atoms with van der Waals surface area (Å²) in [5.41, 5.74) is 2.40. The second kappa shape index (κ2) is 3.92. The fourth-order valence-electron chi connectivity index (χ4n) is 0.541. The maximum absolute atomic E-state index is 12.0. The molecular formula is C5H4F9N3. The van der Waals surface area contributed by atoms with E-state index >= 15 is 0 Å².